The van der Waals surface area contributed by atoms with Crippen LogP contribution in [0.2, 0.25) is 0 Å². The summed E-state index contributed by atoms with van der Waals surface area (Å²) in [7, 11) is 0. The number of nitrogens with one attached hydrogen (secondary N) is 2. The first-order valence-electron chi connectivity index (χ1n) is 6.22. The van der Waals surface area contributed by atoms with Crippen molar-refractivity contribution in [3.05, 3.63) is 0 Å². The van der Waals surface area contributed by atoms with Gasteiger partial charge in [0.2, 0.25) is 5.91 Å². The molecule has 1 aliphatic carbocycles. The molecule has 0 bridgehead atoms. The molecule has 0 saturated heterocycles. The van der Waals surface area contributed by atoms with Crippen LogP contribution in [0.3, 0.4) is 0 Å². The third-order valence-electron chi connectivity index (χ3n) is 3.18. The van der Waals surface area contributed by atoms with Gasteiger partial charge in [0, 0.05) is 11.6 Å². The van der Waals surface area contributed by atoms with Gasteiger partial charge in [-0.15, -0.1) is 0 Å². The molecule has 1 fully saturated rings. The summed E-state index contributed by atoms with van der Waals surface area (Å²) in [5.74, 6) is 0.0284. The number of rotatable bonds is 7. The highest BCUT2D eigenvalue weighted by Gasteiger charge is 2.43. The van der Waals surface area contributed by atoms with Crippen molar-refractivity contribution in [1.29, 1.82) is 0 Å². The first kappa shape index (κ1) is 13.5. The van der Waals surface area contributed by atoms with Crippen LogP contribution in [0.15, 0.2) is 0 Å². The van der Waals surface area contributed by atoms with Crippen LogP contribution in [0, 0.1) is 0 Å². The quantitative estimate of drug-likeness (QED) is 0.604. The minimum Gasteiger partial charge on any atom is -0.394 e. The minimum absolute atomic E-state index is 0.0284. The highest BCUT2D eigenvalue weighted by Crippen LogP contribution is 2.34. The molecule has 3 N–H and O–H groups in total. The molecule has 0 aromatic heterocycles. The zero-order valence-corrected chi connectivity index (χ0v) is 10.5. The molecule has 0 aromatic carbocycles. The molecule has 0 aromatic rings. The Balaban J connectivity index is 2.30. The second-order valence-corrected chi connectivity index (χ2v) is 5.00. The second kappa shape index (κ2) is 5.64. The summed E-state index contributed by atoms with van der Waals surface area (Å²) in [5.41, 5.74) is -0.176. The van der Waals surface area contributed by atoms with Crippen LogP contribution in [0.25, 0.3) is 0 Å². The Kier molecular flexibility index (Phi) is 4.74. The molecule has 0 radical (unpaired) electrons. The summed E-state index contributed by atoms with van der Waals surface area (Å²) in [6, 6.07) is -0.0000132. The topological polar surface area (TPSA) is 61.4 Å². The monoisotopic (exact) mass is 228 g/mol. The first-order valence-corrected chi connectivity index (χ1v) is 6.22. The molecule has 94 valence electrons. The number of hydrogen-bond donors (Lipinski definition) is 3. The maximum absolute atomic E-state index is 11.8. The number of aliphatic hydroxyl groups is 1. The number of amides is 1. The number of hydrogen-bond acceptors (Lipinski definition) is 3. The van der Waals surface area contributed by atoms with Gasteiger partial charge in [0.25, 0.3) is 0 Å². The molecule has 4 heteroatoms. The average molecular weight is 228 g/mol. The van der Waals surface area contributed by atoms with E-state index in [0.29, 0.717) is 0 Å². The number of carbonyl (C=O) groups excluding carboxylic acids is 1. The van der Waals surface area contributed by atoms with Crippen LogP contribution in [-0.2, 0) is 4.79 Å². The van der Waals surface area contributed by atoms with Gasteiger partial charge in [-0.05, 0) is 33.1 Å². The van der Waals surface area contributed by atoms with Crippen molar-refractivity contribution in [1.82, 2.24) is 10.6 Å². The van der Waals surface area contributed by atoms with Crippen LogP contribution in [0.5, 0.6) is 0 Å². The summed E-state index contributed by atoms with van der Waals surface area (Å²) in [5, 5.41) is 15.3. The Hall–Kier alpha value is -0.610. The van der Waals surface area contributed by atoms with Gasteiger partial charge < -0.3 is 10.4 Å². The highest BCUT2D eigenvalue weighted by molar-refractivity contribution is 5.81. The Morgan fingerprint density at radius 2 is 2.06 bits per heavy atom. The van der Waals surface area contributed by atoms with E-state index in [0.717, 1.165) is 25.7 Å². The number of aliphatic hydroxyl groups excluding tert-OH is 1. The van der Waals surface area contributed by atoms with E-state index in [-0.39, 0.29) is 30.1 Å². The molecule has 4 nitrogen and oxygen atoms in total. The Labute approximate surface area is 97.8 Å². The summed E-state index contributed by atoms with van der Waals surface area (Å²) in [4.78, 5) is 11.8. The highest BCUT2D eigenvalue weighted by atomic mass is 16.3. The molecule has 1 rings (SSSR count). The SMILES string of the molecule is CCCC(C)NC(=O)C(C)NC1(CO)CC1. The predicted octanol–water partition coefficient (Wildman–Crippen LogP) is 0.794. The normalized spacial score (nSPS) is 21.2. The molecular weight excluding hydrogens is 204 g/mol. The van der Waals surface area contributed by atoms with Crippen molar-refractivity contribution in [2.45, 2.75) is 64.1 Å². The van der Waals surface area contributed by atoms with Crippen LogP contribution >= 0.6 is 0 Å². The molecule has 1 aliphatic rings. The zero-order chi connectivity index (χ0) is 12.2. The lowest BCUT2D eigenvalue weighted by atomic mass is 10.1. The van der Waals surface area contributed by atoms with E-state index in [9.17, 15) is 4.79 Å². The molecule has 1 amide bonds. The van der Waals surface area contributed by atoms with Crippen LogP contribution in [0.4, 0.5) is 0 Å². The fourth-order valence-electron chi connectivity index (χ4n) is 1.90. The van der Waals surface area contributed by atoms with E-state index >= 15 is 0 Å². The van der Waals surface area contributed by atoms with Crippen LogP contribution in [-0.4, -0.2) is 35.2 Å². The van der Waals surface area contributed by atoms with Gasteiger partial charge in [0.05, 0.1) is 12.6 Å². The molecule has 2 unspecified atom stereocenters. The largest absolute Gasteiger partial charge is 0.394 e. The molecule has 0 spiro atoms. The lowest BCUT2D eigenvalue weighted by molar-refractivity contribution is -0.123. The van der Waals surface area contributed by atoms with Crippen molar-refractivity contribution in [3.8, 4) is 0 Å². The van der Waals surface area contributed by atoms with E-state index in [2.05, 4.69) is 17.6 Å². The van der Waals surface area contributed by atoms with Gasteiger partial charge in [-0.2, -0.15) is 0 Å². The fourth-order valence-corrected chi connectivity index (χ4v) is 1.90. The standard InChI is InChI=1S/C12H24N2O2/c1-4-5-9(2)13-11(16)10(3)14-12(8-15)6-7-12/h9-10,14-15H,4-8H2,1-3H3,(H,13,16). The molecular formula is C12H24N2O2. The predicted molar refractivity (Wildman–Crippen MR) is 64.2 cm³/mol. The first-order chi connectivity index (χ1) is 7.53. The zero-order valence-electron chi connectivity index (χ0n) is 10.5. The lowest BCUT2D eigenvalue weighted by Gasteiger charge is -2.22. The lowest BCUT2D eigenvalue weighted by Crippen LogP contribution is -2.50. The van der Waals surface area contributed by atoms with E-state index in [1.807, 2.05) is 13.8 Å². The van der Waals surface area contributed by atoms with Gasteiger partial charge in [-0.25, -0.2) is 0 Å². The van der Waals surface area contributed by atoms with Crippen LogP contribution < -0.4 is 10.6 Å². The maximum Gasteiger partial charge on any atom is 0.237 e. The maximum atomic E-state index is 11.8. The smallest absolute Gasteiger partial charge is 0.237 e. The summed E-state index contributed by atoms with van der Waals surface area (Å²) in [6.45, 7) is 6.10. The summed E-state index contributed by atoms with van der Waals surface area (Å²) in [6.07, 6.45) is 4.00. The van der Waals surface area contributed by atoms with Gasteiger partial charge in [-0.1, -0.05) is 13.3 Å². The van der Waals surface area contributed by atoms with Gasteiger partial charge in [-0.3, -0.25) is 10.1 Å². The minimum atomic E-state index is -0.228. The van der Waals surface area contributed by atoms with E-state index < -0.39 is 0 Å². The summed E-state index contributed by atoms with van der Waals surface area (Å²) >= 11 is 0. The van der Waals surface area contributed by atoms with Crippen LogP contribution in [0.1, 0.15) is 46.5 Å². The van der Waals surface area contributed by atoms with E-state index in [4.69, 9.17) is 5.11 Å². The average Bonchev–Trinajstić information content (AvgIpc) is 2.98. The van der Waals surface area contributed by atoms with Crippen molar-refractivity contribution >= 4 is 5.91 Å². The fraction of sp³-hybridized carbons (Fsp3) is 0.917. The molecule has 0 aliphatic heterocycles. The molecule has 16 heavy (non-hydrogen) atoms. The Morgan fingerprint density at radius 1 is 1.44 bits per heavy atom. The van der Waals surface area contributed by atoms with Gasteiger partial charge >= 0.3 is 0 Å². The second-order valence-electron chi connectivity index (χ2n) is 5.00. The van der Waals surface area contributed by atoms with Crippen molar-refractivity contribution < 1.29 is 9.90 Å². The molecule has 2 atom stereocenters. The summed E-state index contributed by atoms with van der Waals surface area (Å²) < 4.78 is 0. The molecule has 1 saturated carbocycles. The molecule has 0 heterocycles. The van der Waals surface area contributed by atoms with E-state index in [1.54, 1.807) is 0 Å². The Morgan fingerprint density at radius 3 is 2.50 bits per heavy atom. The van der Waals surface area contributed by atoms with Gasteiger partial charge in [0.1, 0.15) is 0 Å². The van der Waals surface area contributed by atoms with E-state index in [1.165, 1.54) is 0 Å². The third kappa shape index (κ3) is 3.76. The van der Waals surface area contributed by atoms with Gasteiger partial charge in [0.15, 0.2) is 0 Å². The van der Waals surface area contributed by atoms with Crippen molar-refractivity contribution in [2.75, 3.05) is 6.61 Å². The number of carbonyl (C=O) groups is 1. The third-order valence-corrected chi connectivity index (χ3v) is 3.18. The van der Waals surface area contributed by atoms with Crippen molar-refractivity contribution in [2.24, 2.45) is 0 Å². The van der Waals surface area contributed by atoms with Crippen molar-refractivity contribution in [3.63, 3.8) is 0 Å². The Bertz CT molecular complexity index is 239.